The number of benzene rings is 1. The number of nitrogens with zero attached hydrogens (tertiary/aromatic N) is 2. The summed E-state index contributed by atoms with van der Waals surface area (Å²) in [5.74, 6) is -0.896. The fourth-order valence-electron chi connectivity index (χ4n) is 4.11. The number of ether oxygens (including phenoxy) is 2. The van der Waals surface area contributed by atoms with Gasteiger partial charge in [-0.2, -0.15) is 0 Å². The minimum absolute atomic E-state index is 0.00110. The van der Waals surface area contributed by atoms with Gasteiger partial charge in [0.05, 0.1) is 19.8 Å². The van der Waals surface area contributed by atoms with Gasteiger partial charge in [0.2, 0.25) is 0 Å². The molecule has 2 aromatic rings. The van der Waals surface area contributed by atoms with E-state index in [1.54, 1.807) is 19.2 Å². The molecule has 1 aliphatic rings. The molecule has 0 unspecified atom stereocenters. The van der Waals surface area contributed by atoms with Gasteiger partial charge in [-0.25, -0.2) is 14.8 Å². The Bertz CT molecular complexity index is 1090. The maximum Gasteiger partial charge on any atom is 0.354 e. The molecule has 0 radical (unpaired) electrons. The Morgan fingerprint density at radius 2 is 1.56 bits per heavy atom. The van der Waals surface area contributed by atoms with Gasteiger partial charge in [0.25, 0.3) is 11.8 Å². The molecular formula is C24H32N6O6. The molecule has 0 aliphatic heterocycles. The molecule has 1 aromatic carbocycles. The number of aromatic nitrogens is 2. The van der Waals surface area contributed by atoms with E-state index in [9.17, 15) is 14.4 Å². The highest BCUT2D eigenvalue weighted by Crippen LogP contribution is 2.30. The normalized spacial score (nSPS) is 17.2. The number of aromatic carboxylic acids is 1. The predicted molar refractivity (Wildman–Crippen MR) is 130 cm³/mol. The number of hydrogen-bond acceptors (Lipinski definition) is 9. The molecule has 0 spiro atoms. The van der Waals surface area contributed by atoms with Crippen molar-refractivity contribution in [2.75, 3.05) is 27.3 Å². The van der Waals surface area contributed by atoms with Gasteiger partial charge in [-0.1, -0.05) is 0 Å². The number of carboxylic acids is 1. The van der Waals surface area contributed by atoms with Crippen molar-refractivity contribution in [3.63, 3.8) is 0 Å². The summed E-state index contributed by atoms with van der Waals surface area (Å²) in [5.41, 5.74) is 6.54. The summed E-state index contributed by atoms with van der Waals surface area (Å²) in [7, 11) is 3.07. The van der Waals surface area contributed by atoms with Crippen LogP contribution in [0.2, 0.25) is 0 Å². The van der Waals surface area contributed by atoms with Crippen molar-refractivity contribution in [3.8, 4) is 11.5 Å². The van der Waals surface area contributed by atoms with Crippen molar-refractivity contribution in [2.24, 2.45) is 5.73 Å². The lowest BCUT2D eigenvalue weighted by molar-refractivity contribution is 0.0689. The molecule has 0 bridgehead atoms. The minimum atomic E-state index is -1.23. The summed E-state index contributed by atoms with van der Waals surface area (Å²) in [6.45, 7) is 1.63. The molecule has 6 N–H and O–H groups in total. The third kappa shape index (κ3) is 6.89. The molecular weight excluding hydrogens is 468 g/mol. The molecule has 1 fully saturated rings. The average Bonchev–Trinajstić information content (AvgIpc) is 2.89. The van der Waals surface area contributed by atoms with Gasteiger partial charge < -0.3 is 36.3 Å². The van der Waals surface area contributed by atoms with Gasteiger partial charge in [-0.15, -0.1) is 0 Å². The molecule has 1 heterocycles. The first kappa shape index (κ1) is 26.8. The van der Waals surface area contributed by atoms with Crippen LogP contribution < -0.4 is 31.2 Å². The Morgan fingerprint density at radius 1 is 0.944 bits per heavy atom. The van der Waals surface area contributed by atoms with E-state index in [0.717, 1.165) is 18.0 Å². The second kappa shape index (κ2) is 12.8. The number of carbonyl (C=O) groups excluding carboxylic acids is 2. The van der Waals surface area contributed by atoms with Crippen molar-refractivity contribution in [1.82, 2.24) is 25.9 Å². The number of carbonyl (C=O) groups is 3. The third-order valence-electron chi connectivity index (χ3n) is 6.00. The average molecular weight is 501 g/mol. The number of hydrogen-bond donors (Lipinski definition) is 5. The van der Waals surface area contributed by atoms with Crippen LogP contribution >= 0.6 is 0 Å². The largest absolute Gasteiger partial charge is 0.496 e. The van der Waals surface area contributed by atoms with E-state index in [0.29, 0.717) is 62.4 Å². The van der Waals surface area contributed by atoms with E-state index in [4.69, 9.17) is 20.3 Å². The van der Waals surface area contributed by atoms with Crippen molar-refractivity contribution < 1.29 is 29.0 Å². The summed E-state index contributed by atoms with van der Waals surface area (Å²) in [4.78, 5) is 44.1. The number of carboxylic acid groups (broad SMARTS) is 1. The van der Waals surface area contributed by atoms with Crippen LogP contribution in [-0.2, 0) is 6.54 Å². The second-order valence-electron chi connectivity index (χ2n) is 8.42. The molecule has 0 atom stereocenters. The maximum atomic E-state index is 13.1. The summed E-state index contributed by atoms with van der Waals surface area (Å²) in [6, 6.07) is 4.43. The number of rotatable bonds is 11. The van der Waals surface area contributed by atoms with E-state index < -0.39 is 11.9 Å². The van der Waals surface area contributed by atoms with Crippen LogP contribution in [0.25, 0.3) is 0 Å². The second-order valence-corrected chi connectivity index (χ2v) is 8.42. The number of nitrogens with one attached hydrogen (secondary N) is 3. The van der Waals surface area contributed by atoms with Gasteiger partial charge in [0, 0.05) is 49.4 Å². The molecule has 1 aromatic heterocycles. The summed E-state index contributed by atoms with van der Waals surface area (Å²) < 4.78 is 10.9. The smallest absolute Gasteiger partial charge is 0.354 e. The molecule has 1 saturated carbocycles. The Hall–Kier alpha value is -3.77. The lowest BCUT2D eigenvalue weighted by atomic mass is 9.90. The number of methoxy groups -OCH3 is 2. The van der Waals surface area contributed by atoms with Gasteiger partial charge in [-0.3, -0.25) is 9.59 Å². The first-order chi connectivity index (χ1) is 17.4. The van der Waals surface area contributed by atoms with E-state index in [1.165, 1.54) is 7.11 Å². The highest BCUT2D eigenvalue weighted by Gasteiger charge is 2.26. The fourth-order valence-corrected chi connectivity index (χ4v) is 4.11. The van der Waals surface area contributed by atoms with E-state index in [1.807, 2.05) is 0 Å². The van der Waals surface area contributed by atoms with Crippen molar-refractivity contribution in [1.29, 1.82) is 0 Å². The van der Waals surface area contributed by atoms with Crippen LogP contribution in [0.3, 0.4) is 0 Å². The molecule has 36 heavy (non-hydrogen) atoms. The first-order valence-corrected chi connectivity index (χ1v) is 11.7. The van der Waals surface area contributed by atoms with E-state index in [2.05, 4.69) is 25.9 Å². The van der Waals surface area contributed by atoms with Gasteiger partial charge in [0.1, 0.15) is 23.5 Å². The standard InChI is InChI=1S/C24H32N6O6/c1-35-20-11-21(36-2)17(9-14(20)12-26-8-7-25)22(31)29-15-3-5-16(6-4-15)30-23(32)18-10-19(24(33)34)28-13-27-18/h9-11,13,15-16,26H,3-8,12,25H2,1-2H3,(H,29,31)(H,30,32)(H,33,34). The van der Waals surface area contributed by atoms with Crippen LogP contribution in [0.1, 0.15) is 62.6 Å². The molecule has 12 nitrogen and oxygen atoms in total. The summed E-state index contributed by atoms with van der Waals surface area (Å²) in [5, 5.41) is 18.2. The Morgan fingerprint density at radius 3 is 2.14 bits per heavy atom. The van der Waals surface area contributed by atoms with Crippen LogP contribution in [0.5, 0.6) is 11.5 Å². The lowest BCUT2D eigenvalue weighted by Crippen LogP contribution is -2.44. The summed E-state index contributed by atoms with van der Waals surface area (Å²) in [6.07, 6.45) is 3.70. The fraction of sp³-hybridized carbons (Fsp3) is 0.458. The lowest BCUT2D eigenvalue weighted by Gasteiger charge is -2.29. The van der Waals surface area contributed by atoms with Crippen LogP contribution in [0, 0.1) is 0 Å². The number of amides is 2. The van der Waals surface area contributed by atoms with Crippen molar-refractivity contribution in [2.45, 2.75) is 44.3 Å². The maximum absolute atomic E-state index is 13.1. The Kier molecular flexibility index (Phi) is 9.53. The number of nitrogens with two attached hydrogens (primary N) is 1. The molecule has 194 valence electrons. The quantitative estimate of drug-likeness (QED) is 0.276. The molecule has 0 saturated heterocycles. The molecule has 1 aliphatic carbocycles. The van der Waals surface area contributed by atoms with Crippen LogP contribution in [0.4, 0.5) is 0 Å². The van der Waals surface area contributed by atoms with Gasteiger partial charge in [0.15, 0.2) is 5.69 Å². The molecule has 2 amide bonds. The topological polar surface area (TPSA) is 178 Å². The SMILES string of the molecule is COc1cc(OC)c(C(=O)NC2CCC(NC(=O)c3cc(C(=O)O)ncn3)CC2)cc1CNCCN. The van der Waals surface area contributed by atoms with Crippen LogP contribution in [0.15, 0.2) is 24.5 Å². The minimum Gasteiger partial charge on any atom is -0.496 e. The van der Waals surface area contributed by atoms with Gasteiger partial charge in [-0.05, 0) is 31.7 Å². The van der Waals surface area contributed by atoms with Crippen molar-refractivity contribution >= 4 is 17.8 Å². The first-order valence-electron chi connectivity index (χ1n) is 11.7. The van der Waals surface area contributed by atoms with E-state index >= 15 is 0 Å². The highest BCUT2D eigenvalue weighted by molar-refractivity contribution is 5.98. The predicted octanol–water partition coefficient (Wildman–Crippen LogP) is 0.711. The highest BCUT2D eigenvalue weighted by atomic mass is 16.5. The molecule has 12 heteroatoms. The zero-order chi connectivity index (χ0) is 26.1. The zero-order valence-corrected chi connectivity index (χ0v) is 20.4. The molecule has 3 rings (SSSR count). The monoisotopic (exact) mass is 500 g/mol. The van der Waals surface area contributed by atoms with Crippen molar-refractivity contribution in [3.05, 3.63) is 47.0 Å². The third-order valence-corrected chi connectivity index (χ3v) is 6.00. The Balaban J connectivity index is 1.58. The van der Waals surface area contributed by atoms with Gasteiger partial charge >= 0.3 is 5.97 Å². The Labute approximate surface area is 209 Å². The zero-order valence-electron chi connectivity index (χ0n) is 20.4. The van der Waals surface area contributed by atoms with Crippen LogP contribution in [-0.4, -0.2) is 72.3 Å². The summed E-state index contributed by atoms with van der Waals surface area (Å²) >= 11 is 0. The van der Waals surface area contributed by atoms with E-state index in [-0.39, 0.29) is 29.4 Å².